The summed E-state index contributed by atoms with van der Waals surface area (Å²) in [6.45, 7) is 3.81. The highest BCUT2D eigenvalue weighted by Crippen LogP contribution is 2.26. The maximum absolute atomic E-state index is 11.8. The van der Waals surface area contributed by atoms with Gasteiger partial charge in [-0.05, 0) is 25.5 Å². The van der Waals surface area contributed by atoms with Gasteiger partial charge >= 0.3 is 5.97 Å². The fourth-order valence-electron chi connectivity index (χ4n) is 2.24. The maximum atomic E-state index is 11.8. The number of aromatic nitrogens is 2. The summed E-state index contributed by atoms with van der Waals surface area (Å²) < 4.78 is 6.73. The molecule has 0 amide bonds. The normalized spacial score (nSPS) is 12.6. The number of rotatable bonds is 3. The summed E-state index contributed by atoms with van der Waals surface area (Å²) in [5, 5.41) is 0. The number of hydrogen-bond acceptors (Lipinski definition) is 4. The van der Waals surface area contributed by atoms with Crippen molar-refractivity contribution in [1.29, 1.82) is 0 Å². The van der Waals surface area contributed by atoms with Crippen LogP contribution >= 0.6 is 0 Å². The van der Waals surface area contributed by atoms with E-state index in [0.717, 1.165) is 16.9 Å². The van der Waals surface area contributed by atoms with E-state index in [0.29, 0.717) is 12.1 Å². The zero-order chi connectivity index (χ0) is 13.3. The van der Waals surface area contributed by atoms with Crippen molar-refractivity contribution >= 4 is 22.7 Å². The number of nitrogens with zero attached hydrogens (tertiary/aromatic N) is 2. The molecule has 1 aromatic heterocycles. The van der Waals surface area contributed by atoms with Gasteiger partial charge < -0.3 is 15.0 Å². The first-order chi connectivity index (χ1) is 8.60. The molecule has 1 atom stereocenters. The van der Waals surface area contributed by atoms with Crippen molar-refractivity contribution in [3.05, 3.63) is 24.0 Å². The fourth-order valence-corrected chi connectivity index (χ4v) is 2.24. The molecule has 96 valence electrons. The topological polar surface area (TPSA) is 70.1 Å². The van der Waals surface area contributed by atoms with Gasteiger partial charge in [-0.15, -0.1) is 0 Å². The average molecular weight is 247 g/mol. The number of carbonyl (C=O) groups excluding carboxylic acids is 1. The van der Waals surface area contributed by atoms with Crippen molar-refractivity contribution in [2.75, 3.05) is 12.8 Å². The van der Waals surface area contributed by atoms with Crippen LogP contribution in [0.3, 0.4) is 0 Å². The van der Waals surface area contributed by atoms with Crippen LogP contribution in [0.5, 0.6) is 0 Å². The monoisotopic (exact) mass is 247 g/mol. The minimum atomic E-state index is -0.359. The molecule has 0 saturated heterocycles. The molecule has 18 heavy (non-hydrogen) atoms. The van der Waals surface area contributed by atoms with Crippen molar-refractivity contribution in [3.63, 3.8) is 0 Å². The third kappa shape index (κ3) is 1.81. The van der Waals surface area contributed by atoms with Gasteiger partial charge in [-0.1, -0.05) is 13.0 Å². The Morgan fingerprint density at radius 2 is 2.28 bits per heavy atom. The Bertz CT molecular complexity index is 589. The van der Waals surface area contributed by atoms with Gasteiger partial charge in [0.1, 0.15) is 17.4 Å². The smallest absolute Gasteiger partial charge is 0.328 e. The van der Waals surface area contributed by atoms with Crippen LogP contribution in [0.1, 0.15) is 25.2 Å². The van der Waals surface area contributed by atoms with Crippen LogP contribution in [0.15, 0.2) is 18.2 Å². The second-order valence-corrected chi connectivity index (χ2v) is 4.19. The Morgan fingerprint density at radius 1 is 1.56 bits per heavy atom. The number of para-hydroxylation sites is 1. The molecule has 2 rings (SSSR count). The van der Waals surface area contributed by atoms with E-state index in [1.165, 1.54) is 7.11 Å². The summed E-state index contributed by atoms with van der Waals surface area (Å²) in [4.78, 5) is 16.2. The minimum absolute atomic E-state index is 0.262. The van der Waals surface area contributed by atoms with Gasteiger partial charge in [0.15, 0.2) is 0 Å². The van der Waals surface area contributed by atoms with Gasteiger partial charge in [0, 0.05) is 0 Å². The number of carbonyl (C=O) groups is 1. The molecule has 0 saturated carbocycles. The molecule has 1 heterocycles. The quantitative estimate of drug-likeness (QED) is 0.665. The molecule has 5 heteroatoms. The van der Waals surface area contributed by atoms with E-state index in [1.807, 2.05) is 30.5 Å². The Labute approximate surface area is 106 Å². The zero-order valence-electron chi connectivity index (χ0n) is 10.8. The second-order valence-electron chi connectivity index (χ2n) is 4.19. The lowest BCUT2D eigenvalue weighted by Gasteiger charge is -2.16. The summed E-state index contributed by atoms with van der Waals surface area (Å²) in [6.07, 6.45) is 0.647. The number of hydrogen-bond donors (Lipinski definition) is 1. The minimum Gasteiger partial charge on any atom is -0.467 e. The van der Waals surface area contributed by atoms with E-state index >= 15 is 0 Å². The van der Waals surface area contributed by atoms with Gasteiger partial charge in [-0.25, -0.2) is 9.78 Å². The Kier molecular flexibility index (Phi) is 3.23. The Hall–Kier alpha value is -2.04. The van der Waals surface area contributed by atoms with Crippen LogP contribution < -0.4 is 5.73 Å². The summed E-state index contributed by atoms with van der Waals surface area (Å²) >= 11 is 0. The molecule has 5 nitrogen and oxygen atoms in total. The van der Waals surface area contributed by atoms with Crippen molar-refractivity contribution < 1.29 is 9.53 Å². The number of nitrogens with two attached hydrogens (primary N) is 1. The molecule has 2 aromatic rings. The van der Waals surface area contributed by atoms with Gasteiger partial charge in [0.2, 0.25) is 0 Å². The summed E-state index contributed by atoms with van der Waals surface area (Å²) in [7, 11) is 1.40. The molecular formula is C13H17N3O2. The highest BCUT2D eigenvalue weighted by atomic mass is 16.5. The van der Waals surface area contributed by atoms with Gasteiger partial charge in [0.05, 0.1) is 18.3 Å². The van der Waals surface area contributed by atoms with Crippen molar-refractivity contribution in [2.45, 2.75) is 26.3 Å². The predicted molar refractivity (Wildman–Crippen MR) is 70.2 cm³/mol. The zero-order valence-corrected chi connectivity index (χ0v) is 10.8. The number of imidazole rings is 1. The molecule has 0 aliphatic heterocycles. The summed E-state index contributed by atoms with van der Waals surface area (Å²) in [5.41, 5.74) is 8.12. The van der Waals surface area contributed by atoms with Crippen LogP contribution in [0, 0.1) is 6.92 Å². The lowest BCUT2D eigenvalue weighted by Crippen LogP contribution is -2.21. The first-order valence-electron chi connectivity index (χ1n) is 5.91. The van der Waals surface area contributed by atoms with Crippen LogP contribution in [0.2, 0.25) is 0 Å². The van der Waals surface area contributed by atoms with Gasteiger partial charge in [0.25, 0.3) is 0 Å². The van der Waals surface area contributed by atoms with Crippen LogP contribution in [0.25, 0.3) is 11.0 Å². The lowest BCUT2D eigenvalue weighted by molar-refractivity contribution is -0.144. The third-order valence-electron chi connectivity index (χ3n) is 3.10. The summed E-state index contributed by atoms with van der Waals surface area (Å²) in [5.74, 6) is 0.502. The largest absolute Gasteiger partial charge is 0.467 e. The highest BCUT2D eigenvalue weighted by Gasteiger charge is 2.23. The van der Waals surface area contributed by atoms with E-state index in [-0.39, 0.29) is 12.0 Å². The van der Waals surface area contributed by atoms with E-state index < -0.39 is 0 Å². The maximum Gasteiger partial charge on any atom is 0.328 e. The number of benzene rings is 1. The van der Waals surface area contributed by atoms with Crippen molar-refractivity contribution in [3.8, 4) is 0 Å². The van der Waals surface area contributed by atoms with E-state index in [2.05, 4.69) is 4.98 Å². The lowest BCUT2D eigenvalue weighted by atomic mass is 10.2. The molecule has 1 unspecified atom stereocenters. The molecular weight excluding hydrogens is 230 g/mol. The second kappa shape index (κ2) is 4.68. The molecule has 1 aromatic carbocycles. The third-order valence-corrected chi connectivity index (χ3v) is 3.10. The van der Waals surface area contributed by atoms with Crippen LogP contribution in [-0.2, 0) is 9.53 Å². The number of fused-ring (bicyclic) bond motifs is 1. The highest BCUT2D eigenvalue weighted by molar-refractivity contribution is 5.89. The fraction of sp³-hybridized carbons (Fsp3) is 0.385. The first-order valence-corrected chi connectivity index (χ1v) is 5.91. The number of anilines is 1. The SMILES string of the molecule is CCC(C(=O)OC)n1c(C)nc2c(N)cccc21. The molecule has 0 aliphatic carbocycles. The van der Waals surface area contributed by atoms with Crippen molar-refractivity contribution in [2.24, 2.45) is 0 Å². The number of aryl methyl sites for hydroxylation is 1. The van der Waals surface area contributed by atoms with Gasteiger partial charge in [-0.2, -0.15) is 0 Å². The summed E-state index contributed by atoms with van der Waals surface area (Å²) in [6, 6.07) is 5.22. The van der Waals surface area contributed by atoms with Crippen LogP contribution in [-0.4, -0.2) is 22.6 Å². The Morgan fingerprint density at radius 3 is 2.89 bits per heavy atom. The standard InChI is InChI=1S/C13H17N3O2/c1-4-10(13(17)18-3)16-8(2)15-12-9(14)6-5-7-11(12)16/h5-7,10H,4,14H2,1-3H3. The van der Waals surface area contributed by atoms with Gasteiger partial charge in [-0.3, -0.25) is 0 Å². The number of ether oxygens (including phenoxy) is 1. The molecule has 0 aliphatic rings. The predicted octanol–water partition coefficient (Wildman–Crippen LogP) is 2.05. The number of methoxy groups -OCH3 is 1. The molecule has 2 N–H and O–H groups in total. The van der Waals surface area contributed by atoms with Crippen LogP contribution in [0.4, 0.5) is 5.69 Å². The average Bonchev–Trinajstić information content (AvgIpc) is 2.69. The number of esters is 1. The molecule has 0 spiro atoms. The molecule has 0 fully saturated rings. The van der Waals surface area contributed by atoms with E-state index in [1.54, 1.807) is 6.07 Å². The molecule has 0 radical (unpaired) electrons. The van der Waals surface area contributed by atoms with E-state index in [4.69, 9.17) is 10.5 Å². The number of nitrogen functional groups attached to an aromatic ring is 1. The van der Waals surface area contributed by atoms with Crippen molar-refractivity contribution in [1.82, 2.24) is 9.55 Å². The first kappa shape index (κ1) is 12.4. The Balaban J connectivity index is 2.66. The molecule has 0 bridgehead atoms. The van der Waals surface area contributed by atoms with E-state index in [9.17, 15) is 4.79 Å².